The first kappa shape index (κ1) is 15.4. The van der Waals surface area contributed by atoms with Crippen LogP contribution in [0.4, 0.5) is 0 Å². The fourth-order valence-corrected chi connectivity index (χ4v) is 2.08. The van der Waals surface area contributed by atoms with Gasteiger partial charge < -0.3 is 10.8 Å². The number of rotatable bonds is 10. The first-order valence-corrected chi connectivity index (χ1v) is 6.57. The molecule has 0 saturated carbocycles. The fourth-order valence-electron chi connectivity index (χ4n) is 2.08. The zero-order valence-corrected chi connectivity index (χ0v) is 10.7. The van der Waals surface area contributed by atoms with Gasteiger partial charge in [-0.2, -0.15) is 0 Å². The predicted molar refractivity (Wildman–Crippen MR) is 67.4 cm³/mol. The van der Waals surface area contributed by atoms with Crippen LogP contribution in [0.15, 0.2) is 0 Å². The molecule has 0 aliphatic heterocycles. The van der Waals surface area contributed by atoms with E-state index >= 15 is 0 Å². The van der Waals surface area contributed by atoms with Crippen molar-refractivity contribution in [1.29, 1.82) is 0 Å². The Morgan fingerprint density at radius 2 is 1.94 bits per heavy atom. The van der Waals surface area contributed by atoms with Gasteiger partial charge in [-0.3, -0.25) is 4.79 Å². The molecule has 0 spiro atoms. The lowest BCUT2D eigenvalue weighted by Gasteiger charge is -2.18. The predicted octanol–water partition coefficient (Wildman–Crippen LogP) is 3.18. The monoisotopic (exact) mass is 229 g/mol. The van der Waals surface area contributed by atoms with Gasteiger partial charge in [0, 0.05) is 6.04 Å². The number of carbonyl (C=O) groups is 1. The van der Waals surface area contributed by atoms with Crippen molar-refractivity contribution in [2.75, 3.05) is 0 Å². The minimum absolute atomic E-state index is 0.103. The Morgan fingerprint density at radius 3 is 2.44 bits per heavy atom. The third-order valence-electron chi connectivity index (χ3n) is 3.12. The normalized spacial score (nSPS) is 14.7. The maximum Gasteiger partial charge on any atom is 0.304 e. The van der Waals surface area contributed by atoms with Gasteiger partial charge in [0.05, 0.1) is 6.42 Å². The minimum atomic E-state index is -0.784. The Morgan fingerprint density at radius 1 is 1.25 bits per heavy atom. The van der Waals surface area contributed by atoms with E-state index in [2.05, 4.69) is 13.8 Å². The summed E-state index contributed by atoms with van der Waals surface area (Å²) in [6, 6.07) is -0.173. The van der Waals surface area contributed by atoms with E-state index in [-0.39, 0.29) is 12.5 Å². The zero-order valence-electron chi connectivity index (χ0n) is 10.7. The summed E-state index contributed by atoms with van der Waals surface area (Å²) in [4.78, 5) is 10.5. The molecule has 3 N–H and O–H groups in total. The van der Waals surface area contributed by atoms with Crippen molar-refractivity contribution in [2.45, 2.75) is 71.3 Å². The molecule has 0 aliphatic carbocycles. The molecule has 96 valence electrons. The van der Waals surface area contributed by atoms with Gasteiger partial charge in [-0.15, -0.1) is 0 Å². The van der Waals surface area contributed by atoms with Crippen molar-refractivity contribution in [3.05, 3.63) is 0 Å². The average Bonchev–Trinajstić information content (AvgIpc) is 2.21. The lowest BCUT2D eigenvalue weighted by molar-refractivity contribution is -0.137. The van der Waals surface area contributed by atoms with Gasteiger partial charge in [0.15, 0.2) is 0 Å². The van der Waals surface area contributed by atoms with E-state index in [0.717, 1.165) is 12.8 Å². The van der Waals surface area contributed by atoms with Gasteiger partial charge in [-0.1, -0.05) is 52.4 Å². The largest absolute Gasteiger partial charge is 0.481 e. The van der Waals surface area contributed by atoms with Crippen molar-refractivity contribution < 1.29 is 9.90 Å². The summed E-state index contributed by atoms with van der Waals surface area (Å²) in [5, 5.41) is 8.64. The molecule has 0 aromatic heterocycles. The highest BCUT2D eigenvalue weighted by molar-refractivity contribution is 5.67. The van der Waals surface area contributed by atoms with Crippen LogP contribution in [-0.4, -0.2) is 17.1 Å². The molecule has 0 radical (unpaired) electrons. The van der Waals surface area contributed by atoms with Crippen molar-refractivity contribution in [1.82, 2.24) is 0 Å². The summed E-state index contributed by atoms with van der Waals surface area (Å²) < 4.78 is 0. The Hall–Kier alpha value is -0.570. The number of hydrogen-bond acceptors (Lipinski definition) is 2. The molecule has 0 fully saturated rings. The Labute approximate surface area is 99.4 Å². The highest BCUT2D eigenvalue weighted by atomic mass is 16.4. The first-order chi connectivity index (χ1) is 7.60. The maximum atomic E-state index is 10.5. The van der Waals surface area contributed by atoms with Crippen LogP contribution in [0.1, 0.15) is 65.2 Å². The van der Waals surface area contributed by atoms with Gasteiger partial charge in [-0.05, 0) is 12.3 Å². The van der Waals surface area contributed by atoms with E-state index in [1.165, 1.54) is 32.1 Å². The maximum absolute atomic E-state index is 10.5. The van der Waals surface area contributed by atoms with E-state index < -0.39 is 5.97 Å². The van der Waals surface area contributed by atoms with Crippen molar-refractivity contribution in [3.8, 4) is 0 Å². The average molecular weight is 229 g/mol. The summed E-state index contributed by atoms with van der Waals surface area (Å²) in [5.41, 5.74) is 5.80. The van der Waals surface area contributed by atoms with Gasteiger partial charge in [0.25, 0.3) is 0 Å². The van der Waals surface area contributed by atoms with Gasteiger partial charge in [0.2, 0.25) is 0 Å². The van der Waals surface area contributed by atoms with Gasteiger partial charge >= 0.3 is 5.97 Å². The third-order valence-corrected chi connectivity index (χ3v) is 3.12. The number of hydrogen-bond donors (Lipinski definition) is 2. The quantitative estimate of drug-likeness (QED) is 0.565. The summed E-state index contributed by atoms with van der Waals surface area (Å²) in [5.74, 6) is -0.181. The molecular weight excluding hydrogens is 202 g/mol. The number of nitrogens with two attached hydrogens (primary N) is 1. The molecule has 0 aliphatic rings. The van der Waals surface area contributed by atoms with Crippen LogP contribution in [0.3, 0.4) is 0 Å². The number of carboxylic acid groups (broad SMARTS) is 1. The van der Waals surface area contributed by atoms with Crippen LogP contribution < -0.4 is 5.73 Å². The van der Waals surface area contributed by atoms with E-state index in [1.54, 1.807) is 0 Å². The second-order valence-corrected chi connectivity index (χ2v) is 4.72. The molecule has 2 atom stereocenters. The van der Waals surface area contributed by atoms with E-state index in [1.807, 2.05) is 0 Å². The van der Waals surface area contributed by atoms with Crippen molar-refractivity contribution in [3.63, 3.8) is 0 Å². The minimum Gasteiger partial charge on any atom is -0.481 e. The van der Waals surface area contributed by atoms with Crippen LogP contribution in [-0.2, 0) is 4.79 Å². The smallest absolute Gasteiger partial charge is 0.304 e. The molecule has 0 amide bonds. The highest BCUT2D eigenvalue weighted by Gasteiger charge is 2.14. The van der Waals surface area contributed by atoms with E-state index in [4.69, 9.17) is 10.8 Å². The molecule has 0 bridgehead atoms. The summed E-state index contributed by atoms with van der Waals surface area (Å²) in [6.07, 6.45) is 8.38. The summed E-state index contributed by atoms with van der Waals surface area (Å²) >= 11 is 0. The fraction of sp³-hybridized carbons (Fsp3) is 0.923. The standard InChI is InChI=1S/C13H27NO2/c1-3-5-6-7-8-11(4-2)9-12(14)10-13(15)16/h11-12H,3-10,14H2,1-2H3,(H,15,16). The molecule has 3 nitrogen and oxygen atoms in total. The first-order valence-electron chi connectivity index (χ1n) is 6.57. The lowest BCUT2D eigenvalue weighted by atomic mass is 9.91. The van der Waals surface area contributed by atoms with Crippen molar-refractivity contribution in [2.24, 2.45) is 11.7 Å². The van der Waals surface area contributed by atoms with E-state index in [9.17, 15) is 4.79 Å². The van der Waals surface area contributed by atoms with Crippen LogP contribution >= 0.6 is 0 Å². The number of aliphatic carboxylic acids is 1. The molecule has 3 heteroatoms. The molecule has 0 saturated heterocycles. The number of carboxylic acids is 1. The van der Waals surface area contributed by atoms with Crippen molar-refractivity contribution >= 4 is 5.97 Å². The molecule has 0 rings (SSSR count). The van der Waals surface area contributed by atoms with Crippen LogP contribution in [0, 0.1) is 5.92 Å². The number of unbranched alkanes of at least 4 members (excludes halogenated alkanes) is 3. The molecule has 0 aromatic carbocycles. The van der Waals surface area contributed by atoms with Crippen LogP contribution in [0.2, 0.25) is 0 Å². The molecule has 0 aromatic rings. The van der Waals surface area contributed by atoms with Gasteiger partial charge in [0.1, 0.15) is 0 Å². The van der Waals surface area contributed by atoms with Crippen LogP contribution in [0.5, 0.6) is 0 Å². The molecular formula is C13H27NO2. The Kier molecular flexibility index (Phi) is 9.30. The second-order valence-electron chi connectivity index (χ2n) is 4.72. The highest BCUT2D eigenvalue weighted by Crippen LogP contribution is 2.19. The SMILES string of the molecule is CCCCCCC(CC)CC(N)CC(=O)O. The second kappa shape index (κ2) is 9.64. The van der Waals surface area contributed by atoms with Crippen LogP contribution in [0.25, 0.3) is 0 Å². The van der Waals surface area contributed by atoms with Gasteiger partial charge in [-0.25, -0.2) is 0 Å². The topological polar surface area (TPSA) is 63.3 Å². The summed E-state index contributed by atoms with van der Waals surface area (Å²) in [6.45, 7) is 4.37. The molecule has 2 unspecified atom stereocenters. The third kappa shape index (κ3) is 8.72. The Balaban J connectivity index is 3.68. The molecule has 16 heavy (non-hydrogen) atoms. The zero-order chi connectivity index (χ0) is 12.4. The summed E-state index contributed by atoms with van der Waals surface area (Å²) in [7, 11) is 0. The molecule has 0 heterocycles. The Bertz CT molecular complexity index is 183. The van der Waals surface area contributed by atoms with E-state index in [0.29, 0.717) is 5.92 Å². The lowest BCUT2D eigenvalue weighted by Crippen LogP contribution is -2.26.